The maximum atomic E-state index is 5.85. The summed E-state index contributed by atoms with van der Waals surface area (Å²) in [5.41, 5.74) is 2.42. The van der Waals surface area contributed by atoms with Crippen LogP contribution in [0.25, 0.3) is 0 Å². The second-order valence-corrected chi connectivity index (χ2v) is 7.19. The van der Waals surface area contributed by atoms with Crippen molar-refractivity contribution in [1.29, 1.82) is 0 Å². The molecule has 2 nitrogen and oxygen atoms in total. The summed E-state index contributed by atoms with van der Waals surface area (Å²) in [5.74, 6) is 0.990. The van der Waals surface area contributed by atoms with Gasteiger partial charge in [0.15, 0.2) is 0 Å². The van der Waals surface area contributed by atoms with Gasteiger partial charge in [0.2, 0.25) is 0 Å². The minimum absolute atomic E-state index is 0.787. The zero-order valence-corrected chi connectivity index (χ0v) is 20.2. The van der Waals surface area contributed by atoms with Gasteiger partial charge in [-0.2, -0.15) is 0 Å². The first-order valence-electron chi connectivity index (χ1n) is 11.7. The zero-order chi connectivity index (χ0) is 23.0. The maximum absolute atomic E-state index is 5.85. The molecule has 0 aliphatic rings. The van der Waals surface area contributed by atoms with Crippen molar-refractivity contribution in [3.63, 3.8) is 0 Å². The Labute approximate surface area is 191 Å². The number of unbranched alkanes of at least 4 members (excludes halogenated alkanes) is 4. The van der Waals surface area contributed by atoms with Gasteiger partial charge in [0, 0.05) is 18.8 Å². The summed E-state index contributed by atoms with van der Waals surface area (Å²) in [7, 11) is 0. The van der Waals surface area contributed by atoms with E-state index in [4.69, 9.17) is 4.74 Å². The van der Waals surface area contributed by atoms with Gasteiger partial charge in [0.25, 0.3) is 0 Å². The molecule has 0 bridgehead atoms. The number of benzene rings is 1. The Morgan fingerprint density at radius 3 is 2.03 bits per heavy atom. The molecule has 2 rings (SSSR count). The Kier molecular flexibility index (Phi) is 20.2. The second kappa shape index (κ2) is 22.1. The number of hydrogen-bond donors (Lipinski definition) is 0. The van der Waals surface area contributed by atoms with Gasteiger partial charge >= 0.3 is 0 Å². The molecule has 0 unspecified atom stereocenters. The summed E-state index contributed by atoms with van der Waals surface area (Å²) in [6, 6.07) is 14.0. The van der Waals surface area contributed by atoms with Crippen molar-refractivity contribution in [1.82, 2.24) is 4.98 Å². The van der Waals surface area contributed by atoms with Crippen LogP contribution < -0.4 is 4.74 Å². The number of para-hydroxylation sites is 1. The fraction of sp³-hybridized carbons (Fsp3) is 0.414. The number of ether oxygens (including phenoxy) is 1. The van der Waals surface area contributed by atoms with Crippen LogP contribution in [0.3, 0.4) is 0 Å². The minimum Gasteiger partial charge on any atom is -0.493 e. The molecule has 0 N–H and O–H groups in total. The van der Waals surface area contributed by atoms with E-state index in [1.807, 2.05) is 55.5 Å². The van der Waals surface area contributed by atoms with E-state index in [0.29, 0.717) is 0 Å². The number of rotatable bonds is 11. The highest BCUT2D eigenvalue weighted by molar-refractivity contribution is 5.39. The van der Waals surface area contributed by atoms with Crippen LogP contribution in [0.1, 0.15) is 71.8 Å². The fourth-order valence-corrected chi connectivity index (χ4v) is 2.57. The van der Waals surface area contributed by atoms with E-state index in [-0.39, 0.29) is 0 Å². The molecule has 0 saturated carbocycles. The lowest BCUT2D eigenvalue weighted by Crippen LogP contribution is -2.00. The lowest BCUT2D eigenvalue weighted by atomic mass is 10.0. The Balaban J connectivity index is 0.000000607. The molecule has 1 heterocycles. The van der Waals surface area contributed by atoms with Crippen LogP contribution >= 0.6 is 0 Å². The van der Waals surface area contributed by atoms with Gasteiger partial charge in [-0.25, -0.2) is 0 Å². The van der Waals surface area contributed by atoms with Crippen molar-refractivity contribution >= 4 is 0 Å². The molecular weight excluding hydrogens is 378 g/mol. The standard InChI is InChI=1S/C18H24O.C6H14.C5H5N/c1-4-7-11-16(6-3)15-17-12-9-10-13-18(17)19-14-8-5-2;1-3-5-6-4-2;1-2-4-6-5-3-1/h4,6-7,9-13H,3,5,8,14-15H2,1-2H3;3-6H2,1-2H3;1-5H/b7-4-,16-11+;;. The zero-order valence-electron chi connectivity index (χ0n) is 20.2. The summed E-state index contributed by atoms with van der Waals surface area (Å²) in [4.78, 5) is 3.78. The molecule has 1 aromatic carbocycles. The molecule has 0 atom stereocenters. The quantitative estimate of drug-likeness (QED) is 0.267. The van der Waals surface area contributed by atoms with E-state index in [2.05, 4.69) is 50.5 Å². The van der Waals surface area contributed by atoms with E-state index in [1.54, 1.807) is 12.4 Å². The molecule has 1 aromatic heterocycles. The van der Waals surface area contributed by atoms with Crippen molar-refractivity contribution in [3.8, 4) is 5.75 Å². The largest absolute Gasteiger partial charge is 0.493 e. The summed E-state index contributed by atoms with van der Waals surface area (Å²) in [6.07, 6.45) is 20.2. The van der Waals surface area contributed by atoms with Crippen LogP contribution in [-0.2, 0) is 6.42 Å². The third-order valence-corrected chi connectivity index (χ3v) is 4.41. The van der Waals surface area contributed by atoms with Gasteiger partial charge < -0.3 is 4.74 Å². The highest BCUT2D eigenvalue weighted by Crippen LogP contribution is 2.22. The van der Waals surface area contributed by atoms with Crippen molar-refractivity contribution in [2.24, 2.45) is 0 Å². The number of allylic oxidation sites excluding steroid dienone is 5. The Morgan fingerprint density at radius 2 is 1.55 bits per heavy atom. The first-order valence-corrected chi connectivity index (χ1v) is 11.7. The van der Waals surface area contributed by atoms with Crippen molar-refractivity contribution in [2.75, 3.05) is 6.61 Å². The molecule has 0 amide bonds. The molecule has 2 heteroatoms. The highest BCUT2D eigenvalue weighted by atomic mass is 16.5. The van der Waals surface area contributed by atoms with Crippen LogP contribution in [0.5, 0.6) is 5.75 Å². The minimum atomic E-state index is 0.787. The average molecular weight is 422 g/mol. The Bertz CT molecular complexity index is 673. The molecule has 0 fully saturated rings. The molecule has 0 saturated heterocycles. The van der Waals surface area contributed by atoms with Gasteiger partial charge in [-0.05, 0) is 42.7 Å². The second-order valence-electron chi connectivity index (χ2n) is 7.19. The normalized spacial score (nSPS) is 10.5. The Hall–Kier alpha value is -2.61. The van der Waals surface area contributed by atoms with Crippen molar-refractivity contribution in [3.05, 3.63) is 96.9 Å². The number of hydrogen-bond acceptors (Lipinski definition) is 2. The van der Waals surface area contributed by atoms with E-state index >= 15 is 0 Å². The number of aromatic nitrogens is 1. The first-order chi connectivity index (χ1) is 15.2. The van der Waals surface area contributed by atoms with Crippen LogP contribution in [0.15, 0.2) is 91.3 Å². The number of nitrogens with zero attached hydrogens (tertiary/aromatic N) is 1. The smallest absolute Gasteiger partial charge is 0.122 e. The summed E-state index contributed by atoms with van der Waals surface area (Å²) in [6.45, 7) is 13.3. The maximum Gasteiger partial charge on any atom is 0.122 e. The molecule has 2 aromatic rings. The molecule has 0 spiro atoms. The van der Waals surface area contributed by atoms with Gasteiger partial charge in [-0.15, -0.1) is 0 Å². The third kappa shape index (κ3) is 16.8. The van der Waals surface area contributed by atoms with Gasteiger partial charge in [-0.3, -0.25) is 4.98 Å². The first kappa shape index (κ1) is 28.4. The summed E-state index contributed by atoms with van der Waals surface area (Å²) < 4.78 is 5.85. The molecular formula is C29H43NO. The Morgan fingerprint density at radius 1 is 0.903 bits per heavy atom. The molecule has 0 aliphatic heterocycles. The van der Waals surface area contributed by atoms with Crippen LogP contribution in [0.2, 0.25) is 0 Å². The molecule has 0 aliphatic carbocycles. The highest BCUT2D eigenvalue weighted by Gasteiger charge is 2.04. The van der Waals surface area contributed by atoms with Gasteiger partial charge in [-0.1, -0.05) is 108 Å². The van der Waals surface area contributed by atoms with Crippen LogP contribution in [0, 0.1) is 0 Å². The molecule has 0 radical (unpaired) electrons. The van der Waals surface area contributed by atoms with E-state index in [1.165, 1.54) is 36.8 Å². The van der Waals surface area contributed by atoms with E-state index < -0.39 is 0 Å². The van der Waals surface area contributed by atoms with Crippen molar-refractivity contribution in [2.45, 2.75) is 72.6 Å². The monoisotopic (exact) mass is 421 g/mol. The van der Waals surface area contributed by atoms with Gasteiger partial charge in [0.05, 0.1) is 6.61 Å². The van der Waals surface area contributed by atoms with Gasteiger partial charge in [0.1, 0.15) is 5.75 Å². The summed E-state index contributed by atoms with van der Waals surface area (Å²) >= 11 is 0. The van der Waals surface area contributed by atoms with E-state index in [9.17, 15) is 0 Å². The third-order valence-electron chi connectivity index (χ3n) is 4.41. The van der Waals surface area contributed by atoms with Crippen LogP contribution in [-0.4, -0.2) is 11.6 Å². The summed E-state index contributed by atoms with van der Waals surface area (Å²) in [5, 5.41) is 0. The van der Waals surface area contributed by atoms with Crippen LogP contribution in [0.4, 0.5) is 0 Å². The molecule has 31 heavy (non-hydrogen) atoms. The SMILES string of the molecule is C=C/C(=C\C=C/C)Cc1ccccc1OCCCC.CCCCCC.c1ccncc1. The fourth-order valence-electron chi connectivity index (χ4n) is 2.57. The van der Waals surface area contributed by atoms with E-state index in [0.717, 1.165) is 31.6 Å². The predicted octanol–water partition coefficient (Wildman–Crippen LogP) is 8.76. The lowest BCUT2D eigenvalue weighted by Gasteiger charge is -2.11. The average Bonchev–Trinajstić information content (AvgIpc) is 2.83. The molecule has 170 valence electrons. The topological polar surface area (TPSA) is 22.1 Å². The lowest BCUT2D eigenvalue weighted by molar-refractivity contribution is 0.307. The van der Waals surface area contributed by atoms with Crippen molar-refractivity contribution < 1.29 is 4.74 Å². The number of pyridine rings is 1. The predicted molar refractivity (Wildman–Crippen MR) is 138 cm³/mol.